The lowest BCUT2D eigenvalue weighted by atomic mass is 10.1. The molecule has 0 heterocycles. The second-order valence-corrected chi connectivity index (χ2v) is 5.66. The number of benzene rings is 2. The predicted octanol–water partition coefficient (Wildman–Crippen LogP) is 3.31. The van der Waals surface area contributed by atoms with Crippen LogP contribution < -0.4 is 10.5 Å². The maximum atomic E-state index is 12.5. The Morgan fingerprint density at radius 3 is 2.52 bits per heavy atom. The minimum atomic E-state index is -0.123. The van der Waals surface area contributed by atoms with Crippen LogP contribution in [0.5, 0.6) is 5.75 Å². The molecule has 110 valence electrons. The summed E-state index contributed by atoms with van der Waals surface area (Å²) in [5.41, 5.74) is 7.82. The van der Waals surface area contributed by atoms with Crippen LogP contribution in [0.25, 0.3) is 0 Å². The molecule has 5 heteroatoms. The van der Waals surface area contributed by atoms with Gasteiger partial charge in [0.25, 0.3) is 5.91 Å². The number of halogens is 1. The normalized spacial score (nSPS) is 10.2. The number of amides is 1. The van der Waals surface area contributed by atoms with E-state index in [1.807, 2.05) is 24.3 Å². The van der Waals surface area contributed by atoms with Crippen molar-refractivity contribution in [3.8, 4) is 5.75 Å². The van der Waals surface area contributed by atoms with Gasteiger partial charge in [-0.1, -0.05) is 28.1 Å². The molecule has 0 radical (unpaired) electrons. The van der Waals surface area contributed by atoms with E-state index in [2.05, 4.69) is 15.9 Å². The Morgan fingerprint density at radius 2 is 1.90 bits per heavy atom. The Kier molecular flexibility index (Phi) is 4.85. The van der Waals surface area contributed by atoms with Crippen molar-refractivity contribution in [1.29, 1.82) is 0 Å². The molecule has 21 heavy (non-hydrogen) atoms. The molecule has 2 aromatic carbocycles. The zero-order chi connectivity index (χ0) is 15.4. The maximum absolute atomic E-state index is 12.5. The third-order valence-corrected chi connectivity index (χ3v) is 3.66. The molecule has 2 aromatic rings. The predicted molar refractivity (Wildman–Crippen MR) is 87.3 cm³/mol. The highest BCUT2D eigenvalue weighted by molar-refractivity contribution is 9.10. The first-order chi connectivity index (χ1) is 10.0. The van der Waals surface area contributed by atoms with Crippen LogP contribution in [0, 0.1) is 0 Å². The molecule has 2 N–H and O–H groups in total. The van der Waals surface area contributed by atoms with Gasteiger partial charge >= 0.3 is 0 Å². The molecule has 0 spiro atoms. The van der Waals surface area contributed by atoms with Crippen LogP contribution in [-0.2, 0) is 6.54 Å². The van der Waals surface area contributed by atoms with Gasteiger partial charge in [0.1, 0.15) is 5.75 Å². The van der Waals surface area contributed by atoms with Crippen LogP contribution in [0.4, 0.5) is 5.69 Å². The highest BCUT2D eigenvalue weighted by Gasteiger charge is 2.17. The molecule has 4 nitrogen and oxygen atoms in total. The van der Waals surface area contributed by atoms with Gasteiger partial charge < -0.3 is 15.4 Å². The van der Waals surface area contributed by atoms with Gasteiger partial charge in [0.05, 0.1) is 12.7 Å². The van der Waals surface area contributed by atoms with Crippen molar-refractivity contribution in [1.82, 2.24) is 4.90 Å². The lowest BCUT2D eigenvalue weighted by molar-refractivity contribution is 0.0782. The fourth-order valence-electron chi connectivity index (χ4n) is 2.03. The number of carbonyl (C=O) groups excluding carboxylic acids is 1. The van der Waals surface area contributed by atoms with Crippen molar-refractivity contribution in [3.63, 3.8) is 0 Å². The van der Waals surface area contributed by atoms with Crippen molar-refractivity contribution in [2.45, 2.75) is 6.54 Å². The first-order valence-electron chi connectivity index (χ1n) is 6.44. The van der Waals surface area contributed by atoms with E-state index in [9.17, 15) is 4.79 Å². The molecule has 0 saturated carbocycles. The molecule has 0 saturated heterocycles. The highest BCUT2D eigenvalue weighted by atomic mass is 79.9. The van der Waals surface area contributed by atoms with Gasteiger partial charge in [-0.25, -0.2) is 0 Å². The summed E-state index contributed by atoms with van der Waals surface area (Å²) < 4.78 is 6.24. The molecule has 0 fully saturated rings. The molecule has 2 rings (SSSR count). The van der Waals surface area contributed by atoms with E-state index in [1.54, 1.807) is 30.1 Å². The zero-order valence-electron chi connectivity index (χ0n) is 12.0. The molecule has 0 aliphatic rings. The molecule has 0 aliphatic heterocycles. The Bertz CT molecular complexity index is 641. The standard InChI is InChI=1S/C16H17BrN2O2/c1-19(10-11-3-5-12(17)6-4-11)16(20)14-9-13(18)7-8-15(14)21-2/h3-9H,10,18H2,1-2H3. The van der Waals surface area contributed by atoms with E-state index < -0.39 is 0 Å². The van der Waals surface area contributed by atoms with Gasteiger partial charge in [0.15, 0.2) is 0 Å². The van der Waals surface area contributed by atoms with Crippen LogP contribution in [0.2, 0.25) is 0 Å². The smallest absolute Gasteiger partial charge is 0.257 e. The number of nitrogens with zero attached hydrogens (tertiary/aromatic N) is 1. The summed E-state index contributed by atoms with van der Waals surface area (Å²) >= 11 is 3.39. The van der Waals surface area contributed by atoms with Crippen LogP contribution in [-0.4, -0.2) is 25.0 Å². The van der Waals surface area contributed by atoms with Crippen molar-refractivity contribution in [2.24, 2.45) is 0 Å². The number of hydrogen-bond donors (Lipinski definition) is 1. The van der Waals surface area contributed by atoms with Gasteiger partial charge in [0.2, 0.25) is 0 Å². The van der Waals surface area contributed by atoms with Gasteiger partial charge in [-0.3, -0.25) is 4.79 Å². The van der Waals surface area contributed by atoms with E-state index in [0.717, 1.165) is 10.0 Å². The molecular formula is C16H17BrN2O2. The maximum Gasteiger partial charge on any atom is 0.257 e. The molecule has 0 aliphatic carbocycles. The van der Waals surface area contributed by atoms with Crippen molar-refractivity contribution in [3.05, 3.63) is 58.1 Å². The van der Waals surface area contributed by atoms with Gasteiger partial charge in [-0.15, -0.1) is 0 Å². The third kappa shape index (κ3) is 3.76. The van der Waals surface area contributed by atoms with Crippen molar-refractivity contribution in [2.75, 3.05) is 19.9 Å². The van der Waals surface area contributed by atoms with Crippen molar-refractivity contribution < 1.29 is 9.53 Å². The molecule has 0 unspecified atom stereocenters. The van der Waals surface area contributed by atoms with Crippen LogP contribution in [0.1, 0.15) is 15.9 Å². The third-order valence-electron chi connectivity index (χ3n) is 3.13. The van der Waals surface area contributed by atoms with Gasteiger partial charge in [-0.2, -0.15) is 0 Å². The lowest BCUT2D eigenvalue weighted by Crippen LogP contribution is -2.26. The Hall–Kier alpha value is -2.01. The SMILES string of the molecule is COc1ccc(N)cc1C(=O)N(C)Cc1ccc(Br)cc1. The van der Waals surface area contributed by atoms with E-state index in [4.69, 9.17) is 10.5 Å². The summed E-state index contributed by atoms with van der Waals surface area (Å²) in [4.78, 5) is 14.2. The number of anilines is 1. The molecular weight excluding hydrogens is 332 g/mol. The minimum Gasteiger partial charge on any atom is -0.496 e. The Balaban J connectivity index is 2.19. The number of nitrogens with two attached hydrogens (primary N) is 1. The summed E-state index contributed by atoms with van der Waals surface area (Å²) in [6.07, 6.45) is 0. The van der Waals surface area contributed by atoms with Gasteiger partial charge in [-0.05, 0) is 35.9 Å². The fourth-order valence-corrected chi connectivity index (χ4v) is 2.30. The number of carbonyl (C=O) groups is 1. The average Bonchev–Trinajstić information content (AvgIpc) is 2.48. The molecule has 0 atom stereocenters. The second-order valence-electron chi connectivity index (χ2n) is 4.75. The number of ether oxygens (including phenoxy) is 1. The van der Waals surface area contributed by atoms with Crippen LogP contribution in [0.15, 0.2) is 46.9 Å². The summed E-state index contributed by atoms with van der Waals surface area (Å²) in [6, 6.07) is 12.9. The lowest BCUT2D eigenvalue weighted by Gasteiger charge is -2.19. The summed E-state index contributed by atoms with van der Waals surface area (Å²) in [6.45, 7) is 0.518. The summed E-state index contributed by atoms with van der Waals surface area (Å²) in [7, 11) is 3.30. The van der Waals surface area contributed by atoms with Gasteiger partial charge in [0, 0.05) is 23.8 Å². The van der Waals surface area contributed by atoms with Crippen LogP contribution in [0.3, 0.4) is 0 Å². The fraction of sp³-hybridized carbons (Fsp3) is 0.188. The van der Waals surface area contributed by atoms with E-state index >= 15 is 0 Å². The zero-order valence-corrected chi connectivity index (χ0v) is 13.6. The summed E-state index contributed by atoms with van der Waals surface area (Å²) in [5.74, 6) is 0.402. The van der Waals surface area contributed by atoms with Crippen molar-refractivity contribution >= 4 is 27.5 Å². The summed E-state index contributed by atoms with van der Waals surface area (Å²) in [5, 5.41) is 0. The number of rotatable bonds is 4. The first-order valence-corrected chi connectivity index (χ1v) is 7.24. The molecule has 0 aromatic heterocycles. The Labute approximate surface area is 132 Å². The highest BCUT2D eigenvalue weighted by Crippen LogP contribution is 2.23. The van der Waals surface area contributed by atoms with Crippen LogP contribution >= 0.6 is 15.9 Å². The second kappa shape index (κ2) is 6.63. The van der Waals surface area contributed by atoms with E-state index in [1.165, 1.54) is 7.11 Å². The topological polar surface area (TPSA) is 55.6 Å². The number of methoxy groups -OCH3 is 1. The van der Waals surface area contributed by atoms with E-state index in [0.29, 0.717) is 23.5 Å². The molecule has 0 bridgehead atoms. The largest absolute Gasteiger partial charge is 0.496 e. The minimum absolute atomic E-state index is 0.123. The quantitative estimate of drug-likeness (QED) is 0.862. The molecule has 1 amide bonds. The first kappa shape index (κ1) is 15.4. The van der Waals surface area contributed by atoms with E-state index in [-0.39, 0.29) is 5.91 Å². The number of nitrogen functional groups attached to an aromatic ring is 1. The monoisotopic (exact) mass is 348 g/mol. The average molecular weight is 349 g/mol. The Morgan fingerprint density at radius 1 is 1.24 bits per heavy atom. The number of hydrogen-bond acceptors (Lipinski definition) is 3.